The van der Waals surface area contributed by atoms with Crippen LogP contribution in [0.2, 0.25) is 0 Å². The number of azide groups is 1. The predicted octanol–water partition coefficient (Wildman–Crippen LogP) is 1.96. The summed E-state index contributed by atoms with van der Waals surface area (Å²) < 4.78 is 30.1. The highest BCUT2D eigenvalue weighted by atomic mass is 32.2. The number of carboxylic acids is 2. The van der Waals surface area contributed by atoms with Gasteiger partial charge in [0.25, 0.3) is 5.91 Å². The van der Waals surface area contributed by atoms with Gasteiger partial charge in [0, 0.05) is 54.2 Å². The number of carboxylic acid groups (broad SMARTS) is 2. The van der Waals surface area contributed by atoms with Crippen molar-refractivity contribution in [3.8, 4) is 0 Å². The molecule has 4 amide bonds. The number of rotatable bonds is 25. The maximum atomic E-state index is 13.7. The lowest BCUT2D eigenvalue weighted by molar-refractivity contribution is -0.139. The largest absolute Gasteiger partial charge is 0.480 e. The summed E-state index contributed by atoms with van der Waals surface area (Å²) in [6.07, 6.45) is 0.255. The fourth-order valence-corrected chi connectivity index (χ4v) is 6.54. The number of nitrogens with zero attached hydrogens (tertiary/aromatic N) is 5. The van der Waals surface area contributed by atoms with Gasteiger partial charge >= 0.3 is 18.0 Å². The van der Waals surface area contributed by atoms with Gasteiger partial charge in [0.1, 0.15) is 24.7 Å². The summed E-state index contributed by atoms with van der Waals surface area (Å²) >= 11 is 0.969. The fraction of sp³-hybridized carbons (Fsp3) is 0.613. The zero-order chi connectivity index (χ0) is 39.3. The van der Waals surface area contributed by atoms with Crippen molar-refractivity contribution in [2.24, 2.45) is 10.8 Å². The summed E-state index contributed by atoms with van der Waals surface area (Å²) in [5, 5.41) is 26.1. The van der Waals surface area contributed by atoms with Crippen molar-refractivity contribution in [2.75, 3.05) is 54.7 Å². The highest BCUT2D eigenvalue weighted by molar-refractivity contribution is 7.99. The Hall–Kier alpha value is -4.59. The third kappa shape index (κ3) is 18.1. The summed E-state index contributed by atoms with van der Waals surface area (Å²) in [5.74, 6) is -5.32. The van der Waals surface area contributed by atoms with Crippen LogP contribution < -0.4 is 21.3 Å². The van der Waals surface area contributed by atoms with E-state index in [1.807, 2.05) is 13.8 Å². The Morgan fingerprint density at radius 2 is 1.69 bits per heavy atom. The van der Waals surface area contributed by atoms with E-state index in [2.05, 4.69) is 20.7 Å². The normalized spacial score (nSPS) is 12.7. The molecule has 0 spiro atoms. The van der Waals surface area contributed by atoms with E-state index in [1.165, 1.54) is 24.3 Å². The number of carbonyl (C=O) groups is 6. The first-order valence-corrected chi connectivity index (χ1v) is 19.6. The molecular formula is C31H48N8O11S2. The minimum Gasteiger partial charge on any atom is -0.480 e. The molecule has 0 saturated carbocycles. The lowest BCUT2D eigenvalue weighted by Gasteiger charge is -2.26. The van der Waals surface area contributed by atoms with Crippen LogP contribution in [-0.4, -0.2) is 127 Å². The molecule has 0 radical (unpaired) electrons. The number of nitrogens with one attached hydrogen (secondary N) is 2. The summed E-state index contributed by atoms with van der Waals surface area (Å²) in [6, 6.07) is 3.41. The molecule has 0 bridgehead atoms. The minimum absolute atomic E-state index is 0.191. The predicted molar refractivity (Wildman–Crippen MR) is 193 cm³/mol. The van der Waals surface area contributed by atoms with Crippen LogP contribution >= 0.6 is 11.8 Å². The van der Waals surface area contributed by atoms with Gasteiger partial charge in [-0.15, -0.1) is 11.8 Å². The van der Waals surface area contributed by atoms with Gasteiger partial charge in [-0.25, -0.2) is 13.2 Å². The molecule has 1 aromatic rings. The Morgan fingerprint density at radius 3 is 2.25 bits per heavy atom. The Kier molecular flexibility index (Phi) is 20.8. The molecule has 0 aliphatic carbocycles. The molecule has 3 unspecified atom stereocenters. The average Bonchev–Trinajstić information content (AvgIpc) is 3.08. The molecule has 0 saturated heterocycles. The van der Waals surface area contributed by atoms with Crippen molar-refractivity contribution in [2.45, 2.75) is 70.6 Å². The first-order chi connectivity index (χ1) is 24.5. The molecule has 1 rings (SSSR count). The quantitative estimate of drug-likeness (QED) is 0.0313. The van der Waals surface area contributed by atoms with E-state index >= 15 is 0 Å². The van der Waals surface area contributed by atoms with Crippen LogP contribution in [0.25, 0.3) is 10.4 Å². The average molecular weight is 773 g/mol. The highest BCUT2D eigenvalue weighted by Crippen LogP contribution is 2.22. The van der Waals surface area contributed by atoms with Crippen LogP contribution in [0.1, 0.15) is 62.7 Å². The lowest BCUT2D eigenvalue weighted by atomic mass is 10.1. The van der Waals surface area contributed by atoms with E-state index in [0.29, 0.717) is 37.9 Å². The Balaban J connectivity index is 3.31. The van der Waals surface area contributed by atoms with Gasteiger partial charge < -0.3 is 36.2 Å². The van der Waals surface area contributed by atoms with Crippen LogP contribution in [-0.2, 0) is 33.8 Å². The second-order valence-electron chi connectivity index (χ2n) is 11.6. The van der Waals surface area contributed by atoms with Gasteiger partial charge in [0.15, 0.2) is 9.84 Å². The van der Waals surface area contributed by atoms with Crippen LogP contribution in [0.4, 0.5) is 10.5 Å². The zero-order valence-corrected chi connectivity index (χ0v) is 31.1. The van der Waals surface area contributed by atoms with Crippen molar-refractivity contribution in [3.63, 3.8) is 0 Å². The van der Waals surface area contributed by atoms with Crippen molar-refractivity contribution < 1.29 is 52.1 Å². The van der Waals surface area contributed by atoms with Crippen LogP contribution in [0.15, 0.2) is 29.4 Å². The fourth-order valence-electron chi connectivity index (χ4n) is 4.61. The number of ether oxygens (including phenoxy) is 1. The van der Waals surface area contributed by atoms with E-state index in [9.17, 15) is 37.2 Å². The maximum Gasteiger partial charge on any atom is 0.415 e. The topological polar surface area (TPSA) is 292 Å². The molecular weight excluding hydrogens is 725 g/mol. The van der Waals surface area contributed by atoms with Crippen molar-refractivity contribution in [1.82, 2.24) is 15.5 Å². The second-order valence-corrected chi connectivity index (χ2v) is 14.8. The summed E-state index contributed by atoms with van der Waals surface area (Å²) in [7, 11) is -3.59. The maximum absolute atomic E-state index is 13.7. The number of thioether (sulfide) groups is 1. The molecule has 0 aromatic heterocycles. The first kappa shape index (κ1) is 45.4. The zero-order valence-electron chi connectivity index (χ0n) is 29.4. The van der Waals surface area contributed by atoms with Gasteiger partial charge in [-0.2, -0.15) is 0 Å². The van der Waals surface area contributed by atoms with Gasteiger partial charge in [0.05, 0.1) is 11.6 Å². The van der Waals surface area contributed by atoms with Gasteiger partial charge in [0.2, 0.25) is 11.8 Å². The van der Waals surface area contributed by atoms with Crippen molar-refractivity contribution >= 4 is 63.0 Å². The van der Waals surface area contributed by atoms with Crippen molar-refractivity contribution in [1.29, 1.82) is 0 Å². The van der Waals surface area contributed by atoms with E-state index in [4.69, 9.17) is 26.2 Å². The Bertz CT molecular complexity index is 1520. The number of aliphatic carboxylic acids is 2. The number of anilines is 1. The molecule has 1 aromatic carbocycles. The van der Waals surface area contributed by atoms with Gasteiger partial charge in [-0.05, 0) is 69.3 Å². The van der Waals surface area contributed by atoms with Gasteiger partial charge in [-0.3, -0.25) is 28.9 Å². The third-order valence-electron chi connectivity index (χ3n) is 7.37. The van der Waals surface area contributed by atoms with E-state index in [0.717, 1.165) is 22.9 Å². The summed E-state index contributed by atoms with van der Waals surface area (Å²) in [4.78, 5) is 79.5. The molecule has 0 heterocycles. The monoisotopic (exact) mass is 772 g/mol. The molecule has 3 atom stereocenters. The number of hydrogen-bond acceptors (Lipinski definition) is 12. The molecule has 52 heavy (non-hydrogen) atoms. The summed E-state index contributed by atoms with van der Waals surface area (Å²) in [5.41, 5.74) is 14.5. The van der Waals surface area contributed by atoms with E-state index in [1.54, 1.807) is 4.90 Å². The minimum atomic E-state index is -3.59. The third-order valence-corrected chi connectivity index (χ3v) is 9.36. The highest BCUT2D eigenvalue weighted by Gasteiger charge is 2.27. The summed E-state index contributed by atoms with van der Waals surface area (Å²) in [6.45, 7) is 4.13. The number of benzene rings is 1. The van der Waals surface area contributed by atoms with Crippen molar-refractivity contribution in [3.05, 3.63) is 40.3 Å². The molecule has 0 fully saturated rings. The van der Waals surface area contributed by atoms with Crippen LogP contribution in [0.3, 0.4) is 0 Å². The number of carbonyl (C=O) groups excluding carboxylic acids is 4. The molecule has 0 aliphatic rings. The van der Waals surface area contributed by atoms with Gasteiger partial charge in [-0.1, -0.05) is 11.5 Å². The number of amides is 4. The molecule has 290 valence electrons. The van der Waals surface area contributed by atoms with Crippen LogP contribution in [0.5, 0.6) is 0 Å². The molecule has 21 heteroatoms. The standard InChI is InChI=1S/C31H48N8O11S2/c1-4-38(5-2)29(44)21-10-12-22(13-11-21)39(31(47)50-23(19-52(3,48)49)9-7-6-8-16-35-37-33)20-51-18-25(28(43)34-17-27(41)42)36-26(40)15-14-24(32)30(45)46/h10-13,23-25H,4-9,14-20,32H2,1-3H3,(H,34,43)(H,36,40)(H,41,42)(H,45,46). The lowest BCUT2D eigenvalue weighted by Crippen LogP contribution is -2.49. The van der Waals surface area contributed by atoms with E-state index in [-0.39, 0.29) is 49.0 Å². The Morgan fingerprint density at radius 1 is 1.04 bits per heavy atom. The Labute approximate surface area is 306 Å². The number of nitrogens with two attached hydrogens (primary N) is 1. The van der Waals surface area contributed by atoms with E-state index < -0.39 is 70.2 Å². The molecule has 6 N–H and O–H groups in total. The number of hydrogen-bond donors (Lipinski definition) is 5. The number of unbranched alkanes of at least 4 members (excludes halogenated alkanes) is 2. The number of sulfone groups is 1. The van der Waals surface area contributed by atoms with Crippen LogP contribution in [0, 0.1) is 0 Å². The molecule has 19 nitrogen and oxygen atoms in total. The second kappa shape index (κ2) is 23.8. The molecule has 0 aliphatic heterocycles. The smallest absolute Gasteiger partial charge is 0.415 e. The SMILES string of the molecule is CCN(CC)C(=O)c1ccc(N(CSCC(NC(=O)CCC(N)C(=O)O)C(=O)NCC(=O)O)C(=O)OC(CCCCCN=[N+]=[N-])CS(C)(=O)=O)cc1. The first-order valence-electron chi connectivity index (χ1n) is 16.4.